The maximum absolute atomic E-state index is 12.0. The smallest absolute Gasteiger partial charge is 0.158 e. The first kappa shape index (κ1) is 12.8. The molecule has 0 radical (unpaired) electrons. The van der Waals surface area contributed by atoms with Gasteiger partial charge in [0.2, 0.25) is 0 Å². The fourth-order valence-electron chi connectivity index (χ4n) is 2.74. The predicted octanol–water partition coefficient (Wildman–Crippen LogP) is 3.65. The van der Waals surface area contributed by atoms with Crippen LogP contribution in [0.5, 0.6) is 0 Å². The van der Waals surface area contributed by atoms with Crippen LogP contribution in [-0.2, 0) is 9.53 Å². The molecule has 1 saturated heterocycles. The van der Waals surface area contributed by atoms with E-state index < -0.39 is 0 Å². The van der Waals surface area contributed by atoms with Crippen LogP contribution < -0.4 is 0 Å². The summed E-state index contributed by atoms with van der Waals surface area (Å²) in [5, 5.41) is 0. The average molecular weight is 236 g/mol. The minimum Gasteiger partial charge on any atom is -0.378 e. The van der Waals surface area contributed by atoms with Crippen molar-refractivity contribution < 1.29 is 9.53 Å². The number of ether oxygens (including phenoxy) is 1. The average Bonchev–Trinajstić information content (AvgIpc) is 2.83. The predicted molar refractivity (Wildman–Crippen MR) is 68.9 cm³/mol. The number of rotatable bonds is 5. The van der Waals surface area contributed by atoms with E-state index in [0.717, 1.165) is 50.2 Å². The van der Waals surface area contributed by atoms with E-state index in [-0.39, 0.29) is 0 Å². The SMILES string of the molecule is CC1CC=C(C(=O)CCCC2CCCO2)CC1. The highest BCUT2D eigenvalue weighted by molar-refractivity contribution is 5.95. The van der Waals surface area contributed by atoms with Crippen molar-refractivity contribution in [2.75, 3.05) is 6.61 Å². The zero-order valence-corrected chi connectivity index (χ0v) is 10.9. The van der Waals surface area contributed by atoms with Gasteiger partial charge in [0.15, 0.2) is 5.78 Å². The third-order valence-electron chi connectivity index (χ3n) is 3.99. The molecule has 2 rings (SSSR count). The van der Waals surface area contributed by atoms with Gasteiger partial charge in [0.25, 0.3) is 0 Å². The lowest BCUT2D eigenvalue weighted by atomic mass is 9.88. The van der Waals surface area contributed by atoms with Gasteiger partial charge in [0.05, 0.1) is 6.10 Å². The Balaban J connectivity index is 1.66. The monoisotopic (exact) mass is 236 g/mol. The van der Waals surface area contributed by atoms with Crippen molar-refractivity contribution in [3.63, 3.8) is 0 Å². The van der Waals surface area contributed by atoms with Gasteiger partial charge >= 0.3 is 0 Å². The van der Waals surface area contributed by atoms with Gasteiger partial charge in [-0.15, -0.1) is 0 Å². The summed E-state index contributed by atoms with van der Waals surface area (Å²) in [4.78, 5) is 12.0. The van der Waals surface area contributed by atoms with E-state index in [9.17, 15) is 4.79 Å². The Bertz CT molecular complexity index is 287. The summed E-state index contributed by atoms with van der Waals surface area (Å²) in [5.74, 6) is 1.15. The van der Waals surface area contributed by atoms with Gasteiger partial charge in [-0.1, -0.05) is 13.0 Å². The number of ketones is 1. The molecule has 1 fully saturated rings. The second kappa shape index (κ2) is 6.34. The van der Waals surface area contributed by atoms with E-state index in [1.165, 1.54) is 19.3 Å². The number of carbonyl (C=O) groups is 1. The summed E-state index contributed by atoms with van der Waals surface area (Å²) in [6.07, 6.45) is 11.0. The number of hydrogen-bond donors (Lipinski definition) is 0. The van der Waals surface area contributed by atoms with E-state index in [4.69, 9.17) is 4.74 Å². The molecule has 96 valence electrons. The third kappa shape index (κ3) is 3.95. The molecule has 2 unspecified atom stereocenters. The fraction of sp³-hybridized carbons (Fsp3) is 0.800. The molecule has 1 heterocycles. The molecule has 0 N–H and O–H groups in total. The van der Waals surface area contributed by atoms with Gasteiger partial charge in [0, 0.05) is 13.0 Å². The van der Waals surface area contributed by atoms with Crippen LogP contribution >= 0.6 is 0 Å². The van der Waals surface area contributed by atoms with Crippen molar-refractivity contribution in [1.82, 2.24) is 0 Å². The minimum atomic E-state index is 0.384. The normalized spacial score (nSPS) is 29.1. The Kier molecular flexibility index (Phi) is 4.78. The molecule has 0 bridgehead atoms. The van der Waals surface area contributed by atoms with Gasteiger partial charge in [-0.25, -0.2) is 0 Å². The lowest BCUT2D eigenvalue weighted by Gasteiger charge is -2.17. The molecule has 0 spiro atoms. The Morgan fingerprint density at radius 2 is 2.35 bits per heavy atom. The van der Waals surface area contributed by atoms with Crippen LogP contribution in [-0.4, -0.2) is 18.5 Å². The van der Waals surface area contributed by atoms with E-state index in [0.29, 0.717) is 11.9 Å². The minimum absolute atomic E-state index is 0.384. The zero-order valence-electron chi connectivity index (χ0n) is 10.9. The number of Topliss-reactive ketones (excluding diaryl/α,β-unsaturated/α-hetero) is 1. The molecule has 17 heavy (non-hydrogen) atoms. The van der Waals surface area contributed by atoms with E-state index >= 15 is 0 Å². The van der Waals surface area contributed by atoms with Crippen LogP contribution in [0.25, 0.3) is 0 Å². The maximum Gasteiger partial charge on any atom is 0.158 e. The van der Waals surface area contributed by atoms with Gasteiger partial charge in [0.1, 0.15) is 0 Å². The second-order valence-corrected chi connectivity index (χ2v) is 5.56. The van der Waals surface area contributed by atoms with E-state index in [2.05, 4.69) is 13.0 Å². The van der Waals surface area contributed by atoms with Gasteiger partial charge in [-0.2, -0.15) is 0 Å². The molecule has 1 aliphatic heterocycles. The number of hydrogen-bond acceptors (Lipinski definition) is 2. The first-order chi connectivity index (χ1) is 8.25. The van der Waals surface area contributed by atoms with Gasteiger partial charge in [-0.05, 0) is 56.4 Å². The molecular formula is C15H24O2. The van der Waals surface area contributed by atoms with Crippen LogP contribution in [0.3, 0.4) is 0 Å². The van der Waals surface area contributed by atoms with Crippen molar-refractivity contribution in [2.24, 2.45) is 5.92 Å². The van der Waals surface area contributed by atoms with Crippen LogP contribution in [0.15, 0.2) is 11.6 Å². The molecule has 0 saturated carbocycles. The van der Waals surface area contributed by atoms with Crippen molar-refractivity contribution >= 4 is 5.78 Å². The molecular weight excluding hydrogens is 212 g/mol. The summed E-state index contributed by atoms with van der Waals surface area (Å²) in [5.41, 5.74) is 1.09. The molecule has 0 aromatic carbocycles. The zero-order chi connectivity index (χ0) is 12.1. The standard InChI is InChI=1S/C15H24O2/c1-12-7-9-13(10-8-12)15(16)6-2-4-14-5-3-11-17-14/h9,12,14H,2-8,10-11H2,1H3. The topological polar surface area (TPSA) is 26.3 Å². The molecule has 2 atom stereocenters. The lowest BCUT2D eigenvalue weighted by Crippen LogP contribution is -2.11. The second-order valence-electron chi connectivity index (χ2n) is 5.56. The van der Waals surface area contributed by atoms with Gasteiger partial charge in [-0.3, -0.25) is 4.79 Å². The highest BCUT2D eigenvalue weighted by Crippen LogP contribution is 2.25. The number of carbonyl (C=O) groups excluding carboxylic acids is 1. The molecule has 1 aliphatic carbocycles. The molecule has 2 nitrogen and oxygen atoms in total. The molecule has 2 aliphatic rings. The van der Waals surface area contributed by atoms with Crippen LogP contribution in [0, 0.1) is 5.92 Å². The Morgan fingerprint density at radius 3 is 3.00 bits per heavy atom. The highest BCUT2D eigenvalue weighted by atomic mass is 16.5. The van der Waals surface area contributed by atoms with Crippen molar-refractivity contribution in [3.05, 3.63) is 11.6 Å². The molecule has 0 amide bonds. The third-order valence-corrected chi connectivity index (χ3v) is 3.99. The van der Waals surface area contributed by atoms with Crippen LogP contribution in [0.1, 0.15) is 58.3 Å². The first-order valence-electron chi connectivity index (χ1n) is 7.09. The summed E-state index contributed by atoms with van der Waals surface area (Å²) >= 11 is 0. The summed E-state index contributed by atoms with van der Waals surface area (Å²) < 4.78 is 5.57. The molecule has 0 aromatic heterocycles. The lowest BCUT2D eigenvalue weighted by molar-refractivity contribution is -0.116. The highest BCUT2D eigenvalue weighted by Gasteiger charge is 2.18. The first-order valence-corrected chi connectivity index (χ1v) is 7.09. The quantitative estimate of drug-likeness (QED) is 0.728. The van der Waals surface area contributed by atoms with Gasteiger partial charge < -0.3 is 4.74 Å². The fourth-order valence-corrected chi connectivity index (χ4v) is 2.74. The summed E-state index contributed by atoms with van der Waals surface area (Å²) in [6, 6.07) is 0. The molecule has 2 heteroatoms. The van der Waals surface area contributed by atoms with Crippen molar-refractivity contribution in [2.45, 2.75) is 64.4 Å². The Labute approximate surface area is 104 Å². The van der Waals surface area contributed by atoms with E-state index in [1.807, 2.05) is 0 Å². The largest absolute Gasteiger partial charge is 0.378 e. The van der Waals surface area contributed by atoms with E-state index in [1.54, 1.807) is 0 Å². The summed E-state index contributed by atoms with van der Waals surface area (Å²) in [7, 11) is 0. The maximum atomic E-state index is 12.0. The van der Waals surface area contributed by atoms with Crippen molar-refractivity contribution in [3.8, 4) is 0 Å². The Morgan fingerprint density at radius 1 is 1.47 bits per heavy atom. The number of allylic oxidation sites excluding steroid dienone is 2. The van der Waals surface area contributed by atoms with Crippen LogP contribution in [0.2, 0.25) is 0 Å². The van der Waals surface area contributed by atoms with Crippen LogP contribution in [0.4, 0.5) is 0 Å². The van der Waals surface area contributed by atoms with Crippen molar-refractivity contribution in [1.29, 1.82) is 0 Å². The summed E-state index contributed by atoms with van der Waals surface area (Å²) in [6.45, 7) is 3.18. The Hall–Kier alpha value is -0.630. The molecule has 0 aromatic rings.